The van der Waals surface area contributed by atoms with E-state index in [0.717, 1.165) is 10.2 Å². The van der Waals surface area contributed by atoms with Crippen molar-refractivity contribution in [2.45, 2.75) is 6.10 Å². The van der Waals surface area contributed by atoms with Crippen molar-refractivity contribution in [3.8, 4) is 5.75 Å². The Labute approximate surface area is 131 Å². The number of hydrogen-bond acceptors (Lipinski definition) is 3. The largest absolute Gasteiger partial charge is 0.491 e. The molecule has 0 radical (unpaired) electrons. The van der Waals surface area contributed by atoms with E-state index in [1.165, 1.54) is 0 Å². The second kappa shape index (κ2) is 7.53. The van der Waals surface area contributed by atoms with Crippen molar-refractivity contribution in [3.63, 3.8) is 0 Å². The third-order valence-electron chi connectivity index (χ3n) is 2.62. The lowest BCUT2D eigenvalue weighted by molar-refractivity contribution is 0.117. The Balaban J connectivity index is 1.75. The Kier molecular flexibility index (Phi) is 5.71. The molecule has 0 bridgehead atoms. The van der Waals surface area contributed by atoms with E-state index in [1.807, 2.05) is 30.3 Å². The first-order valence-electron chi connectivity index (χ1n) is 6.19. The summed E-state index contributed by atoms with van der Waals surface area (Å²) in [5, 5.41) is 13.6. The number of aliphatic hydroxyl groups is 1. The first-order chi connectivity index (χ1) is 9.63. The van der Waals surface area contributed by atoms with Gasteiger partial charge >= 0.3 is 0 Å². The topological polar surface area (TPSA) is 41.5 Å². The van der Waals surface area contributed by atoms with Gasteiger partial charge in [-0.25, -0.2) is 0 Å². The van der Waals surface area contributed by atoms with Gasteiger partial charge in [-0.05, 0) is 42.5 Å². The van der Waals surface area contributed by atoms with Crippen molar-refractivity contribution < 1.29 is 9.84 Å². The molecule has 0 aliphatic rings. The number of rotatable bonds is 6. The van der Waals surface area contributed by atoms with Crippen LogP contribution in [0.4, 0.5) is 5.69 Å². The molecular formula is C15H15BrClNO2. The summed E-state index contributed by atoms with van der Waals surface area (Å²) < 4.78 is 6.50. The molecule has 2 aromatic carbocycles. The Bertz CT molecular complexity index is 548. The molecule has 106 valence electrons. The van der Waals surface area contributed by atoms with Crippen LogP contribution in [0.15, 0.2) is 53.0 Å². The number of halogens is 2. The van der Waals surface area contributed by atoms with Crippen LogP contribution in [-0.4, -0.2) is 24.4 Å². The van der Waals surface area contributed by atoms with Crippen molar-refractivity contribution in [3.05, 3.63) is 58.0 Å². The molecular weight excluding hydrogens is 342 g/mol. The SMILES string of the molecule is OC(CNc1ccc(Br)cc1)COc1cccc(Cl)c1. The van der Waals surface area contributed by atoms with Crippen LogP contribution in [0.25, 0.3) is 0 Å². The summed E-state index contributed by atoms with van der Waals surface area (Å²) in [5.41, 5.74) is 0.954. The Morgan fingerprint density at radius 2 is 1.95 bits per heavy atom. The lowest BCUT2D eigenvalue weighted by Gasteiger charge is -2.14. The molecule has 0 fully saturated rings. The van der Waals surface area contributed by atoms with Gasteiger partial charge in [0, 0.05) is 21.7 Å². The van der Waals surface area contributed by atoms with Crippen LogP contribution >= 0.6 is 27.5 Å². The summed E-state index contributed by atoms with van der Waals surface area (Å²) in [5.74, 6) is 0.653. The van der Waals surface area contributed by atoms with Crippen molar-refractivity contribution in [2.24, 2.45) is 0 Å². The minimum absolute atomic E-state index is 0.212. The molecule has 20 heavy (non-hydrogen) atoms. The van der Waals surface area contributed by atoms with E-state index in [9.17, 15) is 5.11 Å². The van der Waals surface area contributed by atoms with Crippen LogP contribution in [0.1, 0.15) is 0 Å². The third-order valence-corrected chi connectivity index (χ3v) is 3.39. The van der Waals surface area contributed by atoms with Crippen LogP contribution in [0, 0.1) is 0 Å². The van der Waals surface area contributed by atoms with Crippen LogP contribution in [-0.2, 0) is 0 Å². The molecule has 0 aliphatic carbocycles. The van der Waals surface area contributed by atoms with Gasteiger partial charge in [-0.1, -0.05) is 33.6 Å². The summed E-state index contributed by atoms with van der Waals surface area (Å²) in [4.78, 5) is 0. The van der Waals surface area contributed by atoms with Gasteiger partial charge in [0.05, 0.1) is 0 Å². The van der Waals surface area contributed by atoms with Gasteiger partial charge in [0.1, 0.15) is 18.5 Å². The lowest BCUT2D eigenvalue weighted by Crippen LogP contribution is -2.26. The first-order valence-corrected chi connectivity index (χ1v) is 7.36. The molecule has 0 saturated heterocycles. The van der Waals surface area contributed by atoms with Gasteiger partial charge in [0.25, 0.3) is 0 Å². The van der Waals surface area contributed by atoms with Crippen LogP contribution in [0.2, 0.25) is 5.02 Å². The Morgan fingerprint density at radius 3 is 2.65 bits per heavy atom. The average Bonchev–Trinajstić information content (AvgIpc) is 2.45. The van der Waals surface area contributed by atoms with E-state index in [4.69, 9.17) is 16.3 Å². The van der Waals surface area contributed by atoms with Gasteiger partial charge in [-0.2, -0.15) is 0 Å². The average molecular weight is 357 g/mol. The monoisotopic (exact) mass is 355 g/mol. The zero-order valence-corrected chi connectivity index (χ0v) is 13.1. The smallest absolute Gasteiger partial charge is 0.120 e. The minimum Gasteiger partial charge on any atom is -0.491 e. The van der Waals surface area contributed by atoms with E-state index in [1.54, 1.807) is 18.2 Å². The molecule has 2 N–H and O–H groups in total. The number of aliphatic hydroxyl groups excluding tert-OH is 1. The predicted molar refractivity (Wildman–Crippen MR) is 85.6 cm³/mol. The van der Waals surface area contributed by atoms with Crippen molar-refractivity contribution in [1.82, 2.24) is 0 Å². The fourth-order valence-corrected chi connectivity index (χ4v) is 2.06. The highest BCUT2D eigenvalue weighted by atomic mass is 79.9. The third kappa shape index (κ3) is 5.04. The number of hydrogen-bond donors (Lipinski definition) is 2. The molecule has 1 unspecified atom stereocenters. The fourth-order valence-electron chi connectivity index (χ4n) is 1.61. The number of nitrogens with one attached hydrogen (secondary N) is 1. The van der Waals surface area contributed by atoms with Gasteiger partial charge in [-0.3, -0.25) is 0 Å². The highest BCUT2D eigenvalue weighted by Crippen LogP contribution is 2.17. The van der Waals surface area contributed by atoms with Crippen LogP contribution < -0.4 is 10.1 Å². The molecule has 0 amide bonds. The molecule has 0 heterocycles. The molecule has 0 saturated carbocycles. The molecule has 3 nitrogen and oxygen atoms in total. The normalized spacial score (nSPS) is 11.9. The van der Waals surface area contributed by atoms with Gasteiger partial charge in [0.15, 0.2) is 0 Å². The van der Waals surface area contributed by atoms with Gasteiger partial charge in [0.2, 0.25) is 0 Å². The zero-order valence-electron chi connectivity index (χ0n) is 10.7. The molecule has 0 aromatic heterocycles. The van der Waals surface area contributed by atoms with Crippen molar-refractivity contribution in [2.75, 3.05) is 18.5 Å². The molecule has 2 rings (SSSR count). The number of ether oxygens (including phenoxy) is 1. The van der Waals surface area contributed by atoms with Gasteiger partial charge in [-0.15, -0.1) is 0 Å². The van der Waals surface area contributed by atoms with Crippen LogP contribution in [0.3, 0.4) is 0 Å². The summed E-state index contributed by atoms with van der Waals surface area (Å²) in [6.45, 7) is 0.631. The van der Waals surface area contributed by atoms with E-state index in [-0.39, 0.29) is 6.61 Å². The number of benzene rings is 2. The second-order valence-corrected chi connectivity index (χ2v) is 5.66. The number of anilines is 1. The van der Waals surface area contributed by atoms with Crippen LogP contribution in [0.5, 0.6) is 5.75 Å². The predicted octanol–water partition coefficient (Wildman–Crippen LogP) is 3.95. The molecule has 1 atom stereocenters. The minimum atomic E-state index is -0.599. The van der Waals surface area contributed by atoms with E-state index in [0.29, 0.717) is 17.3 Å². The van der Waals surface area contributed by atoms with Crippen molar-refractivity contribution >= 4 is 33.2 Å². The summed E-state index contributed by atoms with van der Waals surface area (Å²) in [7, 11) is 0. The lowest BCUT2D eigenvalue weighted by atomic mass is 10.3. The maximum atomic E-state index is 9.87. The van der Waals surface area contributed by atoms with Gasteiger partial charge < -0.3 is 15.2 Å². The summed E-state index contributed by atoms with van der Waals surface area (Å²) in [6, 6.07) is 14.9. The standard InChI is InChI=1S/C15H15BrClNO2/c16-11-4-6-13(7-5-11)18-9-14(19)10-20-15-3-1-2-12(17)8-15/h1-8,14,18-19H,9-10H2. The van der Waals surface area contributed by atoms with E-state index in [2.05, 4.69) is 21.2 Å². The Hall–Kier alpha value is -1.23. The molecule has 0 aliphatic heterocycles. The second-order valence-electron chi connectivity index (χ2n) is 4.31. The molecule has 0 spiro atoms. The maximum Gasteiger partial charge on any atom is 0.120 e. The van der Waals surface area contributed by atoms with Crippen molar-refractivity contribution in [1.29, 1.82) is 0 Å². The highest BCUT2D eigenvalue weighted by molar-refractivity contribution is 9.10. The summed E-state index contributed by atoms with van der Waals surface area (Å²) in [6.07, 6.45) is -0.599. The molecule has 2 aromatic rings. The summed E-state index contributed by atoms with van der Waals surface area (Å²) >= 11 is 9.23. The maximum absolute atomic E-state index is 9.87. The van der Waals surface area contributed by atoms with E-state index < -0.39 is 6.10 Å². The first kappa shape index (κ1) is 15.2. The Morgan fingerprint density at radius 1 is 1.20 bits per heavy atom. The zero-order chi connectivity index (χ0) is 14.4. The fraction of sp³-hybridized carbons (Fsp3) is 0.200. The molecule has 5 heteroatoms. The highest BCUT2D eigenvalue weighted by Gasteiger charge is 2.05. The quantitative estimate of drug-likeness (QED) is 0.823. The van der Waals surface area contributed by atoms with E-state index >= 15 is 0 Å².